The van der Waals surface area contributed by atoms with Crippen LogP contribution in [0.2, 0.25) is 0 Å². The quantitative estimate of drug-likeness (QED) is 0.725. The largest absolute Gasteiger partial charge is 0.300 e. The van der Waals surface area contributed by atoms with Crippen molar-refractivity contribution in [2.45, 2.75) is 45.2 Å². The molecule has 0 spiro atoms. The Morgan fingerprint density at radius 3 is 2.78 bits per heavy atom. The number of rotatable bonds is 0. The third kappa shape index (κ3) is 2.05. The average molecular weight is 267 g/mol. The van der Waals surface area contributed by atoms with E-state index in [1.165, 1.54) is 11.3 Å². The van der Waals surface area contributed by atoms with Gasteiger partial charge in [-0.05, 0) is 6.42 Å². The number of thioether (sulfide) groups is 1. The molecule has 0 saturated heterocycles. The third-order valence-corrected chi connectivity index (χ3v) is 4.40. The molecule has 100 valence electrons. The van der Waals surface area contributed by atoms with Gasteiger partial charge in [-0.1, -0.05) is 20.8 Å². The molecule has 0 aliphatic carbocycles. The second-order valence-corrected chi connectivity index (χ2v) is 5.54. The van der Waals surface area contributed by atoms with Gasteiger partial charge in [-0.3, -0.25) is 9.69 Å². The number of carbonyl (C=O) groups is 1. The number of aryl methyl sites for hydroxylation is 1. The summed E-state index contributed by atoms with van der Waals surface area (Å²) in [7, 11) is 1.88. The van der Waals surface area contributed by atoms with Crippen molar-refractivity contribution in [1.29, 1.82) is 0 Å². The van der Waals surface area contributed by atoms with Crippen molar-refractivity contribution < 1.29 is 4.79 Å². The summed E-state index contributed by atoms with van der Waals surface area (Å²) in [5, 5.41) is 4.61. The number of hydrogen-bond acceptors (Lipinski definition) is 3. The van der Waals surface area contributed by atoms with Crippen LogP contribution in [0.15, 0.2) is 0 Å². The van der Waals surface area contributed by atoms with Gasteiger partial charge in [0.25, 0.3) is 0 Å². The van der Waals surface area contributed by atoms with Crippen molar-refractivity contribution in [2.75, 3.05) is 11.9 Å². The molecule has 1 aromatic heterocycles. The first-order chi connectivity index (χ1) is 8.68. The highest BCUT2D eigenvalue weighted by Gasteiger charge is 2.31. The zero-order valence-electron chi connectivity index (χ0n) is 11.6. The molecule has 0 N–H and O–H groups in total. The van der Waals surface area contributed by atoms with Crippen LogP contribution in [0.5, 0.6) is 0 Å². The fourth-order valence-corrected chi connectivity index (χ4v) is 3.48. The lowest BCUT2D eigenvalue weighted by molar-refractivity contribution is -0.121. The maximum atomic E-state index is 12.1. The molecule has 0 bridgehead atoms. The molecule has 0 aromatic carbocycles. The molecule has 0 fully saturated rings. The average Bonchev–Trinajstić information content (AvgIpc) is 2.93. The van der Waals surface area contributed by atoms with Gasteiger partial charge in [0.15, 0.2) is 0 Å². The molecule has 2 aliphatic heterocycles. The number of fused-ring (bicyclic) bond motifs is 3. The fourth-order valence-electron chi connectivity index (χ4n) is 2.46. The lowest BCUT2D eigenvalue weighted by atomic mass is 10.1. The Hall–Kier alpha value is -0.970. The van der Waals surface area contributed by atoms with Crippen LogP contribution in [0.3, 0.4) is 0 Å². The molecule has 1 unspecified atom stereocenters. The topological polar surface area (TPSA) is 38.1 Å². The van der Waals surface area contributed by atoms with Gasteiger partial charge >= 0.3 is 0 Å². The maximum absolute atomic E-state index is 12.1. The zero-order valence-corrected chi connectivity index (χ0v) is 12.4. The minimum absolute atomic E-state index is 0.108. The minimum atomic E-state index is 0.108. The van der Waals surface area contributed by atoms with Crippen molar-refractivity contribution in [3.05, 3.63) is 11.3 Å². The van der Waals surface area contributed by atoms with Gasteiger partial charge in [0.05, 0.1) is 5.69 Å². The highest BCUT2D eigenvalue weighted by molar-refractivity contribution is 7.98. The van der Waals surface area contributed by atoms with Crippen LogP contribution in [-0.2, 0) is 22.8 Å². The van der Waals surface area contributed by atoms with Crippen LogP contribution in [0.4, 0.5) is 5.82 Å². The van der Waals surface area contributed by atoms with E-state index >= 15 is 0 Å². The molecule has 3 rings (SSSR count). The molecule has 3 heterocycles. The lowest BCUT2D eigenvalue weighted by Gasteiger charge is -2.18. The lowest BCUT2D eigenvalue weighted by Crippen LogP contribution is -2.31. The smallest absolute Gasteiger partial charge is 0.230 e. The first kappa shape index (κ1) is 13.5. The maximum Gasteiger partial charge on any atom is 0.230 e. The predicted molar refractivity (Wildman–Crippen MR) is 75.8 cm³/mol. The van der Waals surface area contributed by atoms with Crippen LogP contribution < -0.4 is 4.90 Å². The van der Waals surface area contributed by atoms with E-state index < -0.39 is 0 Å². The molecule has 4 nitrogen and oxygen atoms in total. The van der Waals surface area contributed by atoms with Gasteiger partial charge < -0.3 is 0 Å². The number of hydrogen-bond donors (Lipinski definition) is 0. The fraction of sp³-hybridized carbons (Fsp3) is 0.692. The summed E-state index contributed by atoms with van der Waals surface area (Å²) in [6, 6.07) is 0. The second-order valence-electron chi connectivity index (χ2n) is 4.55. The Bertz CT molecular complexity index is 455. The number of carbonyl (C=O) groups excluding carboxylic acids is 1. The number of nitrogens with zero attached hydrogens (tertiary/aromatic N) is 3. The summed E-state index contributed by atoms with van der Waals surface area (Å²) in [4.78, 5) is 13.9. The van der Waals surface area contributed by atoms with Gasteiger partial charge in [-0.15, -0.1) is 0 Å². The van der Waals surface area contributed by atoms with Crippen molar-refractivity contribution in [3.63, 3.8) is 0 Å². The Morgan fingerprint density at radius 1 is 1.33 bits per heavy atom. The van der Waals surface area contributed by atoms with E-state index in [0.29, 0.717) is 0 Å². The SMILES string of the molecule is CC.CC1CCn2nc3c(c2N(C)C1=O)CSC3. The Morgan fingerprint density at radius 2 is 2.06 bits per heavy atom. The van der Waals surface area contributed by atoms with E-state index in [1.807, 2.05) is 44.3 Å². The predicted octanol–water partition coefficient (Wildman–Crippen LogP) is 2.66. The highest BCUT2D eigenvalue weighted by atomic mass is 32.2. The summed E-state index contributed by atoms with van der Waals surface area (Å²) >= 11 is 1.88. The van der Waals surface area contributed by atoms with Gasteiger partial charge in [-0.25, -0.2) is 4.68 Å². The summed E-state index contributed by atoms with van der Waals surface area (Å²) in [5.41, 5.74) is 2.45. The van der Waals surface area contributed by atoms with Crippen LogP contribution in [0, 0.1) is 5.92 Å². The van der Waals surface area contributed by atoms with Crippen molar-refractivity contribution in [2.24, 2.45) is 5.92 Å². The van der Waals surface area contributed by atoms with Crippen LogP contribution in [0.25, 0.3) is 0 Å². The molecule has 18 heavy (non-hydrogen) atoms. The molecule has 1 amide bonds. The van der Waals surface area contributed by atoms with Crippen LogP contribution in [0.1, 0.15) is 38.4 Å². The summed E-state index contributed by atoms with van der Waals surface area (Å²) in [6.07, 6.45) is 0.893. The van der Waals surface area contributed by atoms with Gasteiger partial charge in [0, 0.05) is 36.6 Å². The first-order valence-corrected chi connectivity index (χ1v) is 7.78. The van der Waals surface area contributed by atoms with E-state index in [1.54, 1.807) is 4.90 Å². The van der Waals surface area contributed by atoms with E-state index in [-0.39, 0.29) is 11.8 Å². The standard InChI is InChI=1S/C11H15N3OS.C2H6/c1-7-3-4-14-10(13(2)11(7)15)8-5-16-6-9(8)12-14;1-2/h7H,3-6H2,1-2H3;1-2H3. The van der Waals surface area contributed by atoms with Crippen molar-refractivity contribution in [3.8, 4) is 0 Å². The van der Waals surface area contributed by atoms with Gasteiger partial charge in [-0.2, -0.15) is 16.9 Å². The van der Waals surface area contributed by atoms with Crippen LogP contribution >= 0.6 is 11.8 Å². The second kappa shape index (κ2) is 5.34. The molecule has 5 heteroatoms. The first-order valence-electron chi connectivity index (χ1n) is 6.62. The number of anilines is 1. The third-order valence-electron chi connectivity index (χ3n) is 3.43. The van der Waals surface area contributed by atoms with Gasteiger partial charge in [0.2, 0.25) is 5.91 Å². The van der Waals surface area contributed by atoms with E-state index in [2.05, 4.69) is 5.10 Å². The monoisotopic (exact) mass is 267 g/mol. The summed E-state index contributed by atoms with van der Waals surface area (Å²) in [5.74, 6) is 3.35. The van der Waals surface area contributed by atoms with Crippen molar-refractivity contribution >= 4 is 23.5 Å². The Labute approximate surface area is 113 Å². The molecule has 0 radical (unpaired) electrons. The molecule has 1 aromatic rings. The number of amides is 1. The Balaban J connectivity index is 0.000000574. The molecule has 0 saturated carbocycles. The Kier molecular flexibility index (Phi) is 4.00. The van der Waals surface area contributed by atoms with Crippen LogP contribution in [-0.4, -0.2) is 22.7 Å². The summed E-state index contributed by atoms with van der Waals surface area (Å²) < 4.78 is 2.02. The molecule has 1 atom stereocenters. The minimum Gasteiger partial charge on any atom is -0.300 e. The normalized spacial score (nSPS) is 21.9. The molecular formula is C13H21N3OS. The van der Waals surface area contributed by atoms with Gasteiger partial charge in [0.1, 0.15) is 5.82 Å². The summed E-state index contributed by atoms with van der Waals surface area (Å²) in [6.45, 7) is 6.87. The molecule has 2 aliphatic rings. The molecular weight excluding hydrogens is 246 g/mol. The van der Waals surface area contributed by atoms with E-state index in [0.717, 1.165) is 30.3 Å². The highest BCUT2D eigenvalue weighted by Crippen LogP contribution is 2.37. The number of aromatic nitrogens is 2. The van der Waals surface area contributed by atoms with E-state index in [9.17, 15) is 4.79 Å². The van der Waals surface area contributed by atoms with Crippen molar-refractivity contribution in [1.82, 2.24) is 9.78 Å². The zero-order chi connectivity index (χ0) is 13.3. The van der Waals surface area contributed by atoms with E-state index in [4.69, 9.17) is 0 Å².